The first kappa shape index (κ1) is 16.3. The summed E-state index contributed by atoms with van der Waals surface area (Å²) in [5.41, 5.74) is 2.93. The van der Waals surface area contributed by atoms with Gasteiger partial charge in [0.25, 0.3) is 0 Å². The number of aryl methyl sites for hydroxylation is 1. The Morgan fingerprint density at radius 3 is 2.54 bits per heavy atom. The number of hydrogen-bond acceptors (Lipinski definition) is 2. The van der Waals surface area contributed by atoms with Crippen molar-refractivity contribution in [3.05, 3.63) is 70.4 Å². The van der Waals surface area contributed by atoms with Crippen molar-refractivity contribution < 1.29 is 14.7 Å². The molecule has 0 aliphatic heterocycles. The van der Waals surface area contributed by atoms with E-state index in [-0.39, 0.29) is 12.2 Å². The number of carbonyl (C=O) groups excluding carboxylic acids is 1. The van der Waals surface area contributed by atoms with Crippen LogP contribution in [0.5, 0.6) is 0 Å². The van der Waals surface area contributed by atoms with Crippen molar-refractivity contribution in [3.63, 3.8) is 0 Å². The van der Waals surface area contributed by atoms with E-state index in [9.17, 15) is 14.7 Å². The molecule has 3 rings (SSSR count). The molecule has 1 aromatic heterocycles. The number of rotatable bonds is 5. The summed E-state index contributed by atoms with van der Waals surface area (Å²) in [7, 11) is 0. The second kappa shape index (κ2) is 6.49. The number of benzene rings is 2. The number of aliphatic carboxylic acids is 1. The Labute approximate surface area is 144 Å². The lowest BCUT2D eigenvalue weighted by Crippen LogP contribution is -2.16. The molecule has 0 radical (unpaired) electrons. The molecule has 4 nitrogen and oxygen atoms in total. The van der Waals surface area contributed by atoms with Gasteiger partial charge in [0.1, 0.15) is 0 Å². The van der Waals surface area contributed by atoms with Crippen LogP contribution in [0.1, 0.15) is 33.8 Å². The topological polar surface area (TPSA) is 70.2 Å². The van der Waals surface area contributed by atoms with E-state index in [2.05, 4.69) is 4.98 Å². The lowest BCUT2D eigenvalue weighted by Gasteiger charge is -2.11. The summed E-state index contributed by atoms with van der Waals surface area (Å²) in [4.78, 5) is 27.3. The van der Waals surface area contributed by atoms with Gasteiger partial charge >= 0.3 is 5.97 Å². The van der Waals surface area contributed by atoms with Crippen molar-refractivity contribution in [2.75, 3.05) is 0 Å². The molecule has 0 amide bonds. The number of carbonyl (C=O) groups is 2. The first-order valence-electron chi connectivity index (χ1n) is 7.55. The number of carboxylic acid groups (broad SMARTS) is 1. The van der Waals surface area contributed by atoms with Gasteiger partial charge in [0.2, 0.25) is 0 Å². The predicted octanol–water partition coefficient (Wildman–Crippen LogP) is 4.57. The molecule has 5 heteroatoms. The van der Waals surface area contributed by atoms with Gasteiger partial charge in [-0.25, -0.2) is 0 Å². The molecule has 122 valence electrons. The van der Waals surface area contributed by atoms with Crippen LogP contribution in [0, 0.1) is 6.92 Å². The fraction of sp³-hybridized carbons (Fsp3) is 0.158. The van der Waals surface area contributed by atoms with E-state index in [1.165, 1.54) is 0 Å². The fourth-order valence-corrected chi connectivity index (χ4v) is 2.95. The summed E-state index contributed by atoms with van der Waals surface area (Å²) in [5.74, 6) is -2.15. The molecule has 0 saturated heterocycles. The highest BCUT2D eigenvalue weighted by Crippen LogP contribution is 2.31. The molecule has 0 aliphatic rings. The van der Waals surface area contributed by atoms with Crippen LogP contribution in [-0.2, 0) is 4.79 Å². The maximum Gasteiger partial charge on any atom is 0.311 e. The third-order valence-electron chi connectivity index (χ3n) is 4.11. The average Bonchev–Trinajstić information content (AvgIpc) is 2.95. The zero-order chi connectivity index (χ0) is 17.3. The Kier molecular flexibility index (Phi) is 4.40. The molecule has 1 atom stereocenters. The SMILES string of the molecule is Cc1ccc(C(=O)CC(C(=O)O)c2c[nH]c3ccc(Cl)cc23)cc1. The Bertz CT molecular complexity index is 912. The van der Waals surface area contributed by atoms with Crippen LogP contribution in [0.25, 0.3) is 10.9 Å². The number of ketones is 1. The van der Waals surface area contributed by atoms with Crippen LogP contribution >= 0.6 is 11.6 Å². The van der Waals surface area contributed by atoms with E-state index < -0.39 is 11.9 Å². The van der Waals surface area contributed by atoms with Crippen molar-refractivity contribution in [2.24, 2.45) is 0 Å². The number of halogens is 1. The van der Waals surface area contributed by atoms with Crippen LogP contribution in [0.3, 0.4) is 0 Å². The van der Waals surface area contributed by atoms with E-state index in [4.69, 9.17) is 11.6 Å². The molecule has 0 fully saturated rings. The van der Waals surface area contributed by atoms with Gasteiger partial charge in [0.05, 0.1) is 5.92 Å². The zero-order valence-electron chi connectivity index (χ0n) is 13.0. The molecule has 0 saturated carbocycles. The highest BCUT2D eigenvalue weighted by molar-refractivity contribution is 6.31. The van der Waals surface area contributed by atoms with Crippen LogP contribution in [0.15, 0.2) is 48.7 Å². The van der Waals surface area contributed by atoms with Crippen molar-refractivity contribution in [3.8, 4) is 0 Å². The standard InChI is InChI=1S/C19H16ClNO3/c1-11-2-4-12(5-3-11)18(22)9-15(19(23)24)16-10-21-17-7-6-13(20)8-14(16)17/h2-8,10,15,21H,9H2,1H3,(H,23,24). The minimum Gasteiger partial charge on any atom is -0.481 e. The van der Waals surface area contributed by atoms with Crippen molar-refractivity contribution in [1.29, 1.82) is 0 Å². The number of aromatic nitrogens is 1. The van der Waals surface area contributed by atoms with Gasteiger partial charge < -0.3 is 10.1 Å². The monoisotopic (exact) mass is 341 g/mol. The fourth-order valence-electron chi connectivity index (χ4n) is 2.78. The summed E-state index contributed by atoms with van der Waals surface area (Å²) in [6.45, 7) is 1.93. The highest BCUT2D eigenvalue weighted by Gasteiger charge is 2.26. The number of Topliss-reactive ketones (excluding diaryl/α,β-unsaturated/α-hetero) is 1. The van der Waals surface area contributed by atoms with E-state index in [1.54, 1.807) is 36.5 Å². The maximum atomic E-state index is 12.5. The normalized spacial score (nSPS) is 12.2. The van der Waals surface area contributed by atoms with Gasteiger partial charge in [-0.15, -0.1) is 0 Å². The van der Waals surface area contributed by atoms with Crippen LogP contribution < -0.4 is 0 Å². The summed E-state index contributed by atoms with van der Waals surface area (Å²) in [5, 5.41) is 10.9. The smallest absolute Gasteiger partial charge is 0.311 e. The van der Waals surface area contributed by atoms with Gasteiger partial charge in [0, 0.05) is 34.1 Å². The summed E-state index contributed by atoms with van der Waals surface area (Å²) < 4.78 is 0. The molecule has 1 heterocycles. The molecule has 24 heavy (non-hydrogen) atoms. The minimum absolute atomic E-state index is 0.0993. The second-order valence-electron chi connectivity index (χ2n) is 5.82. The third kappa shape index (κ3) is 3.19. The van der Waals surface area contributed by atoms with Gasteiger partial charge in [-0.1, -0.05) is 41.4 Å². The quantitative estimate of drug-likeness (QED) is 0.668. The molecule has 0 spiro atoms. The van der Waals surface area contributed by atoms with E-state index in [0.29, 0.717) is 16.1 Å². The van der Waals surface area contributed by atoms with Crippen molar-refractivity contribution in [1.82, 2.24) is 4.98 Å². The number of aromatic amines is 1. The first-order chi connectivity index (χ1) is 11.5. The molecule has 2 N–H and O–H groups in total. The molecule has 2 aromatic carbocycles. The highest BCUT2D eigenvalue weighted by atomic mass is 35.5. The lowest BCUT2D eigenvalue weighted by atomic mass is 9.91. The first-order valence-corrected chi connectivity index (χ1v) is 7.92. The largest absolute Gasteiger partial charge is 0.481 e. The van der Waals surface area contributed by atoms with Crippen LogP contribution in [0.2, 0.25) is 5.02 Å². The number of H-pyrrole nitrogens is 1. The maximum absolute atomic E-state index is 12.5. The van der Waals surface area contributed by atoms with Gasteiger partial charge in [-0.3, -0.25) is 9.59 Å². The molecule has 3 aromatic rings. The zero-order valence-corrected chi connectivity index (χ0v) is 13.8. The molecular formula is C19H16ClNO3. The lowest BCUT2D eigenvalue weighted by molar-refractivity contribution is -0.138. The van der Waals surface area contributed by atoms with Crippen molar-refractivity contribution >= 4 is 34.3 Å². The summed E-state index contributed by atoms with van der Waals surface area (Å²) in [6, 6.07) is 12.4. The Balaban J connectivity index is 1.94. The number of carboxylic acids is 1. The molecule has 0 aliphatic carbocycles. The Morgan fingerprint density at radius 1 is 1.17 bits per heavy atom. The molecular weight excluding hydrogens is 326 g/mol. The molecule has 0 bridgehead atoms. The minimum atomic E-state index is -1.03. The molecule has 1 unspecified atom stereocenters. The van der Waals surface area contributed by atoms with E-state index in [1.807, 2.05) is 19.1 Å². The number of fused-ring (bicyclic) bond motifs is 1. The van der Waals surface area contributed by atoms with Gasteiger partial charge in [-0.2, -0.15) is 0 Å². The number of hydrogen-bond donors (Lipinski definition) is 2. The van der Waals surface area contributed by atoms with E-state index in [0.717, 1.165) is 16.5 Å². The summed E-state index contributed by atoms with van der Waals surface area (Å²) >= 11 is 6.02. The third-order valence-corrected chi connectivity index (χ3v) is 4.35. The Morgan fingerprint density at radius 2 is 1.88 bits per heavy atom. The second-order valence-corrected chi connectivity index (χ2v) is 6.25. The predicted molar refractivity (Wildman–Crippen MR) is 93.8 cm³/mol. The van der Waals surface area contributed by atoms with Crippen LogP contribution in [0.4, 0.5) is 0 Å². The Hall–Kier alpha value is -2.59. The van der Waals surface area contributed by atoms with Crippen LogP contribution in [-0.4, -0.2) is 21.8 Å². The number of nitrogens with one attached hydrogen (secondary N) is 1. The van der Waals surface area contributed by atoms with E-state index >= 15 is 0 Å². The summed E-state index contributed by atoms with van der Waals surface area (Å²) in [6.07, 6.45) is 1.54. The van der Waals surface area contributed by atoms with Crippen molar-refractivity contribution in [2.45, 2.75) is 19.3 Å². The van der Waals surface area contributed by atoms with Gasteiger partial charge in [0.15, 0.2) is 5.78 Å². The average molecular weight is 342 g/mol. The van der Waals surface area contributed by atoms with Gasteiger partial charge in [-0.05, 0) is 30.7 Å².